The lowest BCUT2D eigenvalue weighted by Gasteiger charge is -2.33. The molecule has 0 radical (unpaired) electrons. The monoisotopic (exact) mass is 258 g/mol. The van der Waals surface area contributed by atoms with Crippen LogP contribution in [0.15, 0.2) is 12.2 Å². The summed E-state index contributed by atoms with van der Waals surface area (Å²) in [5.41, 5.74) is 0. The van der Waals surface area contributed by atoms with Crippen LogP contribution >= 0.6 is 0 Å². The third-order valence-electron chi connectivity index (χ3n) is 3.66. The van der Waals surface area contributed by atoms with Crippen molar-refractivity contribution in [2.75, 3.05) is 19.3 Å². The second kappa shape index (κ2) is 5.50. The Balaban J connectivity index is 1.77. The molecule has 0 aromatic carbocycles. The van der Waals surface area contributed by atoms with Gasteiger partial charge in [0, 0.05) is 25.2 Å². The molecule has 0 amide bonds. The van der Waals surface area contributed by atoms with Crippen LogP contribution in [-0.2, 0) is 10.0 Å². The Bertz CT molecular complexity index is 370. The van der Waals surface area contributed by atoms with Crippen molar-refractivity contribution >= 4 is 10.0 Å². The molecule has 98 valence electrons. The zero-order chi connectivity index (χ0) is 12.3. The summed E-state index contributed by atoms with van der Waals surface area (Å²) in [5.74, 6) is 0. The average Bonchev–Trinajstić information content (AvgIpc) is 2.30. The first-order valence-corrected chi connectivity index (χ1v) is 8.27. The Hall–Kier alpha value is -0.390. The molecule has 2 rings (SSSR count). The Labute approximate surface area is 104 Å². The number of sulfonamides is 1. The van der Waals surface area contributed by atoms with Gasteiger partial charge >= 0.3 is 0 Å². The average molecular weight is 258 g/mol. The topological polar surface area (TPSA) is 49.4 Å². The molecule has 1 aliphatic heterocycles. The fourth-order valence-electron chi connectivity index (χ4n) is 2.63. The highest BCUT2D eigenvalue weighted by Crippen LogP contribution is 2.17. The lowest BCUT2D eigenvalue weighted by atomic mass is 9.98. The Morgan fingerprint density at radius 1 is 1.12 bits per heavy atom. The smallest absolute Gasteiger partial charge is 0.211 e. The number of hydrogen-bond acceptors (Lipinski definition) is 3. The van der Waals surface area contributed by atoms with Crippen LogP contribution in [0, 0.1) is 0 Å². The molecular weight excluding hydrogens is 236 g/mol. The molecule has 1 aliphatic carbocycles. The van der Waals surface area contributed by atoms with Gasteiger partial charge in [-0.15, -0.1) is 0 Å². The van der Waals surface area contributed by atoms with Gasteiger partial charge in [0.2, 0.25) is 10.0 Å². The van der Waals surface area contributed by atoms with Crippen LogP contribution in [0.3, 0.4) is 0 Å². The molecule has 4 nitrogen and oxygen atoms in total. The largest absolute Gasteiger partial charge is 0.311 e. The molecule has 0 saturated carbocycles. The highest BCUT2D eigenvalue weighted by molar-refractivity contribution is 7.88. The van der Waals surface area contributed by atoms with Gasteiger partial charge in [-0.3, -0.25) is 0 Å². The van der Waals surface area contributed by atoms with Gasteiger partial charge < -0.3 is 5.32 Å². The minimum Gasteiger partial charge on any atom is -0.311 e. The van der Waals surface area contributed by atoms with Crippen LogP contribution in [0.4, 0.5) is 0 Å². The first-order valence-electron chi connectivity index (χ1n) is 6.42. The van der Waals surface area contributed by atoms with Gasteiger partial charge in [-0.25, -0.2) is 12.7 Å². The molecule has 1 atom stereocenters. The zero-order valence-corrected chi connectivity index (χ0v) is 11.2. The third-order valence-corrected chi connectivity index (χ3v) is 4.97. The number of allylic oxidation sites excluding steroid dienone is 1. The number of hydrogen-bond donors (Lipinski definition) is 1. The van der Waals surface area contributed by atoms with Gasteiger partial charge in [-0.05, 0) is 32.1 Å². The van der Waals surface area contributed by atoms with Crippen molar-refractivity contribution < 1.29 is 8.42 Å². The lowest BCUT2D eigenvalue weighted by Crippen LogP contribution is -2.47. The Morgan fingerprint density at radius 3 is 2.35 bits per heavy atom. The first kappa shape index (κ1) is 13.1. The van der Waals surface area contributed by atoms with E-state index >= 15 is 0 Å². The van der Waals surface area contributed by atoms with Gasteiger partial charge in [0.1, 0.15) is 0 Å². The Morgan fingerprint density at radius 2 is 1.82 bits per heavy atom. The van der Waals surface area contributed by atoms with Crippen molar-refractivity contribution in [1.29, 1.82) is 0 Å². The van der Waals surface area contributed by atoms with Crippen LogP contribution in [0.2, 0.25) is 0 Å². The quantitative estimate of drug-likeness (QED) is 0.772. The second-order valence-corrected chi connectivity index (χ2v) is 7.07. The maximum absolute atomic E-state index is 11.4. The van der Waals surface area contributed by atoms with Crippen molar-refractivity contribution in [3.63, 3.8) is 0 Å². The molecule has 0 aromatic rings. The molecule has 1 saturated heterocycles. The van der Waals surface area contributed by atoms with E-state index in [9.17, 15) is 8.42 Å². The maximum Gasteiger partial charge on any atom is 0.211 e. The van der Waals surface area contributed by atoms with Crippen molar-refractivity contribution in [1.82, 2.24) is 9.62 Å². The summed E-state index contributed by atoms with van der Waals surface area (Å²) in [6, 6.07) is 1.08. The van der Waals surface area contributed by atoms with Crippen molar-refractivity contribution in [2.24, 2.45) is 0 Å². The summed E-state index contributed by atoms with van der Waals surface area (Å²) in [7, 11) is -2.99. The van der Waals surface area contributed by atoms with Gasteiger partial charge in [-0.1, -0.05) is 12.2 Å². The minimum absolute atomic E-state index is 0.490. The standard InChI is InChI=1S/C12H22N2O2S/c1-17(15,16)14-9-7-12(8-10-14)13-11-5-3-2-4-6-11/h2-3,11-13H,4-10H2,1H3. The highest BCUT2D eigenvalue weighted by Gasteiger charge is 2.26. The molecule has 2 aliphatic rings. The summed E-state index contributed by atoms with van der Waals surface area (Å²) < 4.78 is 24.3. The molecule has 5 heteroatoms. The van der Waals surface area contributed by atoms with Gasteiger partial charge in [0.25, 0.3) is 0 Å². The summed E-state index contributed by atoms with van der Waals surface area (Å²) in [5, 5.41) is 3.66. The molecule has 1 fully saturated rings. The number of nitrogens with one attached hydrogen (secondary N) is 1. The van der Waals surface area contributed by atoms with E-state index in [1.165, 1.54) is 19.1 Å². The predicted molar refractivity (Wildman–Crippen MR) is 69.4 cm³/mol. The molecule has 0 bridgehead atoms. The maximum atomic E-state index is 11.4. The number of nitrogens with zero attached hydrogens (tertiary/aromatic N) is 1. The minimum atomic E-state index is -2.99. The van der Waals surface area contributed by atoms with Crippen molar-refractivity contribution in [3.05, 3.63) is 12.2 Å². The van der Waals surface area contributed by atoms with E-state index in [4.69, 9.17) is 0 Å². The van der Waals surface area contributed by atoms with Crippen molar-refractivity contribution in [3.8, 4) is 0 Å². The molecule has 17 heavy (non-hydrogen) atoms. The van der Waals surface area contributed by atoms with Gasteiger partial charge in [0.05, 0.1) is 6.26 Å². The van der Waals surface area contributed by atoms with E-state index in [0.29, 0.717) is 25.2 Å². The summed E-state index contributed by atoms with van der Waals surface area (Å²) in [4.78, 5) is 0. The molecule has 1 N–H and O–H groups in total. The number of rotatable bonds is 3. The van der Waals surface area contributed by atoms with E-state index in [0.717, 1.165) is 19.3 Å². The second-order valence-electron chi connectivity index (χ2n) is 5.08. The lowest BCUT2D eigenvalue weighted by molar-refractivity contribution is 0.269. The number of piperidine rings is 1. The van der Waals surface area contributed by atoms with Crippen LogP contribution in [0.25, 0.3) is 0 Å². The van der Waals surface area contributed by atoms with E-state index in [1.54, 1.807) is 4.31 Å². The zero-order valence-electron chi connectivity index (χ0n) is 10.4. The SMILES string of the molecule is CS(=O)(=O)N1CCC(NC2CC=CCC2)CC1. The molecule has 0 spiro atoms. The first-order chi connectivity index (χ1) is 8.05. The van der Waals surface area contributed by atoms with Gasteiger partial charge in [0.15, 0.2) is 0 Å². The summed E-state index contributed by atoms with van der Waals surface area (Å²) in [6.45, 7) is 1.33. The third kappa shape index (κ3) is 3.79. The van der Waals surface area contributed by atoms with E-state index < -0.39 is 10.0 Å². The fourth-order valence-corrected chi connectivity index (χ4v) is 3.51. The highest BCUT2D eigenvalue weighted by atomic mass is 32.2. The molecular formula is C12H22N2O2S. The molecule has 1 unspecified atom stereocenters. The van der Waals surface area contributed by atoms with Crippen LogP contribution in [0.1, 0.15) is 32.1 Å². The van der Waals surface area contributed by atoms with E-state index in [2.05, 4.69) is 17.5 Å². The van der Waals surface area contributed by atoms with Crippen LogP contribution < -0.4 is 5.32 Å². The van der Waals surface area contributed by atoms with Crippen LogP contribution in [-0.4, -0.2) is 44.2 Å². The molecule has 1 heterocycles. The molecule has 0 aromatic heterocycles. The van der Waals surface area contributed by atoms with Crippen LogP contribution in [0.5, 0.6) is 0 Å². The Kier molecular flexibility index (Phi) is 4.22. The van der Waals surface area contributed by atoms with E-state index in [-0.39, 0.29) is 0 Å². The normalized spacial score (nSPS) is 28.4. The predicted octanol–water partition coefficient (Wildman–Crippen LogP) is 1.11. The summed E-state index contributed by atoms with van der Waals surface area (Å²) in [6.07, 6.45) is 11.2. The van der Waals surface area contributed by atoms with Crippen molar-refractivity contribution in [2.45, 2.75) is 44.2 Å². The summed E-state index contributed by atoms with van der Waals surface area (Å²) >= 11 is 0. The van der Waals surface area contributed by atoms with E-state index in [1.807, 2.05) is 0 Å². The van der Waals surface area contributed by atoms with Gasteiger partial charge in [-0.2, -0.15) is 0 Å². The fraction of sp³-hybridized carbons (Fsp3) is 0.833.